The highest BCUT2D eigenvalue weighted by Crippen LogP contribution is 2.32. The third kappa shape index (κ3) is 3.15. The lowest BCUT2D eigenvalue weighted by Crippen LogP contribution is -2.60. The standard InChI is InChI=1S/C15H30N4O/c1-12-11-18(3)8-5-9-19(12)13-6-4-7-15(10-13,17-2)14(16)20/h12-13,17H,4-11H2,1-3H3,(H2,16,20). The molecule has 2 aliphatic rings. The van der Waals surface area contributed by atoms with Crippen LogP contribution in [-0.2, 0) is 4.79 Å². The summed E-state index contributed by atoms with van der Waals surface area (Å²) in [5.74, 6) is -0.190. The number of hydrogen-bond acceptors (Lipinski definition) is 4. The average Bonchev–Trinajstić information content (AvgIpc) is 2.59. The predicted octanol–water partition coefficient (Wildman–Crippen LogP) is 0.399. The van der Waals surface area contributed by atoms with E-state index in [2.05, 4.69) is 29.1 Å². The van der Waals surface area contributed by atoms with E-state index in [0.717, 1.165) is 32.4 Å². The van der Waals surface area contributed by atoms with Crippen molar-refractivity contribution >= 4 is 5.91 Å². The molecule has 0 spiro atoms. The molecule has 0 bridgehead atoms. The second-order valence-electron chi connectivity index (χ2n) is 6.65. The first-order valence-electron chi connectivity index (χ1n) is 7.91. The fourth-order valence-corrected chi connectivity index (χ4v) is 4.04. The first-order chi connectivity index (χ1) is 9.48. The van der Waals surface area contributed by atoms with E-state index in [-0.39, 0.29) is 5.91 Å². The summed E-state index contributed by atoms with van der Waals surface area (Å²) in [6, 6.07) is 1.03. The number of nitrogens with zero attached hydrogens (tertiary/aromatic N) is 2. The molecule has 3 atom stereocenters. The topological polar surface area (TPSA) is 61.6 Å². The van der Waals surface area contributed by atoms with Gasteiger partial charge in [-0.3, -0.25) is 9.69 Å². The molecule has 1 saturated heterocycles. The van der Waals surface area contributed by atoms with Crippen LogP contribution in [0.25, 0.3) is 0 Å². The number of nitrogens with two attached hydrogens (primary N) is 1. The maximum Gasteiger partial charge on any atom is 0.237 e. The zero-order valence-corrected chi connectivity index (χ0v) is 13.2. The van der Waals surface area contributed by atoms with Crippen molar-refractivity contribution in [2.24, 2.45) is 5.73 Å². The number of likely N-dealkylation sites (N-methyl/N-ethyl adjacent to an activating group) is 2. The van der Waals surface area contributed by atoms with Gasteiger partial charge in [0.15, 0.2) is 0 Å². The van der Waals surface area contributed by atoms with Crippen LogP contribution in [0.3, 0.4) is 0 Å². The Hall–Kier alpha value is -0.650. The van der Waals surface area contributed by atoms with E-state index in [9.17, 15) is 4.79 Å². The van der Waals surface area contributed by atoms with Crippen molar-refractivity contribution in [3.8, 4) is 0 Å². The third-order valence-corrected chi connectivity index (χ3v) is 5.24. The number of hydrogen-bond donors (Lipinski definition) is 2. The monoisotopic (exact) mass is 282 g/mol. The maximum absolute atomic E-state index is 11.9. The summed E-state index contributed by atoms with van der Waals surface area (Å²) in [5.41, 5.74) is 5.16. The molecule has 1 saturated carbocycles. The Labute approximate surface area is 122 Å². The molecule has 5 heteroatoms. The maximum atomic E-state index is 11.9. The number of carbonyl (C=O) groups excluding carboxylic acids is 1. The molecule has 1 aliphatic heterocycles. The molecule has 2 rings (SSSR count). The highest BCUT2D eigenvalue weighted by atomic mass is 16.1. The van der Waals surface area contributed by atoms with Crippen molar-refractivity contribution < 1.29 is 4.79 Å². The fourth-order valence-electron chi connectivity index (χ4n) is 4.04. The van der Waals surface area contributed by atoms with Crippen LogP contribution in [-0.4, -0.2) is 67.1 Å². The molecule has 0 aromatic carbocycles. The van der Waals surface area contributed by atoms with Crippen molar-refractivity contribution in [3.05, 3.63) is 0 Å². The highest BCUT2D eigenvalue weighted by Gasteiger charge is 2.42. The summed E-state index contributed by atoms with van der Waals surface area (Å²) >= 11 is 0. The highest BCUT2D eigenvalue weighted by molar-refractivity contribution is 5.84. The van der Waals surface area contributed by atoms with Crippen LogP contribution in [0.2, 0.25) is 0 Å². The predicted molar refractivity (Wildman–Crippen MR) is 81.5 cm³/mol. The van der Waals surface area contributed by atoms with Crippen LogP contribution < -0.4 is 11.1 Å². The number of amides is 1. The summed E-state index contributed by atoms with van der Waals surface area (Å²) in [5, 5.41) is 3.21. The van der Waals surface area contributed by atoms with Gasteiger partial charge in [-0.05, 0) is 66.2 Å². The van der Waals surface area contributed by atoms with Crippen LogP contribution in [0, 0.1) is 0 Å². The first-order valence-corrected chi connectivity index (χ1v) is 7.91. The van der Waals surface area contributed by atoms with Gasteiger partial charge in [0, 0.05) is 18.6 Å². The number of rotatable bonds is 3. The van der Waals surface area contributed by atoms with Gasteiger partial charge in [0.05, 0.1) is 5.54 Å². The number of primary amides is 1. The molecule has 1 heterocycles. The Morgan fingerprint density at radius 2 is 2.10 bits per heavy atom. The zero-order valence-electron chi connectivity index (χ0n) is 13.2. The minimum atomic E-state index is -0.499. The van der Waals surface area contributed by atoms with E-state index in [4.69, 9.17) is 5.73 Å². The second kappa shape index (κ2) is 6.41. The molecule has 5 nitrogen and oxygen atoms in total. The third-order valence-electron chi connectivity index (χ3n) is 5.24. The van der Waals surface area contributed by atoms with E-state index >= 15 is 0 Å². The Balaban J connectivity index is 2.09. The van der Waals surface area contributed by atoms with E-state index < -0.39 is 5.54 Å². The molecule has 116 valence electrons. The Morgan fingerprint density at radius 1 is 1.35 bits per heavy atom. The molecule has 1 aliphatic carbocycles. The van der Waals surface area contributed by atoms with E-state index in [1.807, 2.05) is 7.05 Å². The second-order valence-corrected chi connectivity index (χ2v) is 6.65. The SMILES string of the molecule is CNC1(C(N)=O)CCCC(N2CCCN(C)CC2C)C1. The lowest BCUT2D eigenvalue weighted by Gasteiger charge is -2.44. The van der Waals surface area contributed by atoms with Crippen LogP contribution in [0.5, 0.6) is 0 Å². The van der Waals surface area contributed by atoms with Crippen LogP contribution >= 0.6 is 0 Å². The average molecular weight is 282 g/mol. The van der Waals surface area contributed by atoms with Crippen LogP contribution in [0.15, 0.2) is 0 Å². The summed E-state index contributed by atoms with van der Waals surface area (Å²) < 4.78 is 0. The summed E-state index contributed by atoms with van der Waals surface area (Å²) in [6.45, 7) is 5.72. The van der Waals surface area contributed by atoms with Gasteiger partial charge < -0.3 is 16.0 Å². The van der Waals surface area contributed by atoms with Gasteiger partial charge >= 0.3 is 0 Å². The van der Waals surface area contributed by atoms with Crippen molar-refractivity contribution in [2.75, 3.05) is 33.7 Å². The van der Waals surface area contributed by atoms with E-state index in [1.165, 1.54) is 19.4 Å². The minimum Gasteiger partial charge on any atom is -0.368 e. The van der Waals surface area contributed by atoms with Gasteiger partial charge in [0.1, 0.15) is 0 Å². The van der Waals surface area contributed by atoms with Crippen molar-refractivity contribution in [1.82, 2.24) is 15.1 Å². The molecule has 3 N–H and O–H groups in total. The van der Waals surface area contributed by atoms with Crippen molar-refractivity contribution in [1.29, 1.82) is 0 Å². The van der Waals surface area contributed by atoms with Gasteiger partial charge in [-0.25, -0.2) is 0 Å². The lowest BCUT2D eigenvalue weighted by atomic mass is 9.77. The fraction of sp³-hybridized carbons (Fsp3) is 0.933. The van der Waals surface area contributed by atoms with E-state index in [1.54, 1.807) is 0 Å². The molecule has 20 heavy (non-hydrogen) atoms. The molecule has 2 fully saturated rings. The van der Waals surface area contributed by atoms with Gasteiger partial charge in [0.2, 0.25) is 5.91 Å². The van der Waals surface area contributed by atoms with Gasteiger partial charge in [-0.2, -0.15) is 0 Å². The molecule has 3 unspecified atom stereocenters. The largest absolute Gasteiger partial charge is 0.368 e. The molecule has 0 aromatic rings. The van der Waals surface area contributed by atoms with Crippen LogP contribution in [0.1, 0.15) is 39.0 Å². The number of nitrogens with one attached hydrogen (secondary N) is 1. The lowest BCUT2D eigenvalue weighted by molar-refractivity contribution is -0.126. The van der Waals surface area contributed by atoms with E-state index in [0.29, 0.717) is 12.1 Å². The van der Waals surface area contributed by atoms with Gasteiger partial charge in [-0.15, -0.1) is 0 Å². The minimum absolute atomic E-state index is 0.190. The molecular formula is C15H30N4O. The first kappa shape index (κ1) is 15.7. The quantitative estimate of drug-likeness (QED) is 0.786. The summed E-state index contributed by atoms with van der Waals surface area (Å²) in [7, 11) is 4.06. The Bertz CT molecular complexity index is 349. The summed E-state index contributed by atoms with van der Waals surface area (Å²) in [6.07, 6.45) is 5.20. The smallest absolute Gasteiger partial charge is 0.237 e. The summed E-state index contributed by atoms with van der Waals surface area (Å²) in [4.78, 5) is 16.9. The van der Waals surface area contributed by atoms with Crippen molar-refractivity contribution in [2.45, 2.75) is 56.7 Å². The molecular weight excluding hydrogens is 252 g/mol. The van der Waals surface area contributed by atoms with Crippen LogP contribution in [0.4, 0.5) is 0 Å². The Morgan fingerprint density at radius 3 is 2.75 bits per heavy atom. The number of carbonyl (C=O) groups is 1. The molecule has 1 amide bonds. The Kier molecular flexibility index (Phi) is 5.04. The zero-order chi connectivity index (χ0) is 14.8. The van der Waals surface area contributed by atoms with Crippen molar-refractivity contribution in [3.63, 3.8) is 0 Å². The molecule has 0 radical (unpaired) electrons. The molecule has 0 aromatic heterocycles. The normalized spacial score (nSPS) is 37.5. The van der Waals surface area contributed by atoms with Gasteiger partial charge in [-0.1, -0.05) is 0 Å². The van der Waals surface area contributed by atoms with Gasteiger partial charge in [0.25, 0.3) is 0 Å².